The van der Waals surface area contributed by atoms with Crippen LogP contribution in [0.2, 0.25) is 5.02 Å². The largest absolute Gasteiger partial charge is 0.352 e. The Kier molecular flexibility index (Phi) is 9.95. The summed E-state index contributed by atoms with van der Waals surface area (Å²) < 4.78 is 2.28. The summed E-state index contributed by atoms with van der Waals surface area (Å²) in [7, 11) is 0. The molecular weight excluding hydrogens is 403 g/mol. The van der Waals surface area contributed by atoms with E-state index in [-0.39, 0.29) is 24.8 Å². The van der Waals surface area contributed by atoms with E-state index in [1.165, 1.54) is 11.1 Å². The number of likely N-dealkylation sites (N-methyl/N-ethyl adjacent to an activating group) is 1. The van der Waals surface area contributed by atoms with Gasteiger partial charge in [0.1, 0.15) is 0 Å². The molecule has 1 heterocycles. The molecule has 1 aromatic heterocycles. The van der Waals surface area contributed by atoms with Crippen LogP contribution in [0.5, 0.6) is 0 Å². The van der Waals surface area contributed by atoms with Crippen LogP contribution in [-0.2, 0) is 13.1 Å². The van der Waals surface area contributed by atoms with Gasteiger partial charge < -0.3 is 14.8 Å². The minimum Gasteiger partial charge on any atom is -0.352 e. The quantitative estimate of drug-likeness (QED) is 0.514. The number of anilines is 1. The molecule has 0 unspecified atom stereocenters. The summed E-state index contributed by atoms with van der Waals surface area (Å²) in [5, 5.41) is 4.25. The van der Waals surface area contributed by atoms with Crippen LogP contribution < -0.4 is 5.32 Å². The zero-order chi connectivity index (χ0) is 17.6. The molecular formula is C20H27Cl3N4. The number of nitrogens with one attached hydrogen (secondary N) is 1. The van der Waals surface area contributed by atoms with Gasteiger partial charge in [-0.05, 0) is 42.9 Å². The number of imidazole rings is 1. The summed E-state index contributed by atoms with van der Waals surface area (Å²) in [6, 6.07) is 16.2. The summed E-state index contributed by atoms with van der Waals surface area (Å²) in [5.74, 6) is 0.920. The van der Waals surface area contributed by atoms with Crippen LogP contribution in [0.4, 0.5) is 5.95 Å². The van der Waals surface area contributed by atoms with Gasteiger partial charge in [0.25, 0.3) is 0 Å². The van der Waals surface area contributed by atoms with Crippen molar-refractivity contribution in [1.82, 2.24) is 14.5 Å². The van der Waals surface area contributed by atoms with E-state index in [1.54, 1.807) is 0 Å². The molecule has 0 fully saturated rings. The van der Waals surface area contributed by atoms with Crippen LogP contribution in [-0.4, -0.2) is 34.1 Å². The molecule has 7 heteroatoms. The number of rotatable bonds is 8. The van der Waals surface area contributed by atoms with Crippen LogP contribution in [0.25, 0.3) is 11.0 Å². The van der Waals surface area contributed by atoms with Crippen LogP contribution in [0.1, 0.15) is 19.4 Å². The first kappa shape index (κ1) is 23.6. The maximum absolute atomic E-state index is 5.96. The average Bonchev–Trinajstić information content (AvgIpc) is 3.00. The van der Waals surface area contributed by atoms with Gasteiger partial charge in [0.15, 0.2) is 0 Å². The molecule has 1 N–H and O–H groups in total. The predicted molar refractivity (Wildman–Crippen MR) is 121 cm³/mol. The molecule has 0 aliphatic carbocycles. The smallest absolute Gasteiger partial charge is 0.204 e. The van der Waals surface area contributed by atoms with Crippen molar-refractivity contribution in [3.8, 4) is 0 Å². The number of aromatic nitrogens is 2. The van der Waals surface area contributed by atoms with Gasteiger partial charge in [-0.3, -0.25) is 0 Å². The zero-order valence-electron chi connectivity index (χ0n) is 15.7. The third-order valence-corrected chi connectivity index (χ3v) is 4.80. The van der Waals surface area contributed by atoms with Gasteiger partial charge in [-0.1, -0.05) is 49.7 Å². The Morgan fingerprint density at radius 1 is 1.00 bits per heavy atom. The second-order valence-electron chi connectivity index (χ2n) is 6.08. The molecule has 2 aromatic carbocycles. The Morgan fingerprint density at radius 3 is 2.33 bits per heavy atom. The van der Waals surface area contributed by atoms with E-state index in [9.17, 15) is 0 Å². The predicted octanol–water partition coefficient (Wildman–Crippen LogP) is 5.49. The fourth-order valence-electron chi connectivity index (χ4n) is 3.00. The Morgan fingerprint density at radius 2 is 1.67 bits per heavy atom. The Bertz CT molecular complexity index is 814. The van der Waals surface area contributed by atoms with Crippen molar-refractivity contribution < 1.29 is 0 Å². The third kappa shape index (κ3) is 6.01. The number of hydrogen-bond donors (Lipinski definition) is 1. The molecule has 3 aromatic rings. The number of nitrogens with zero attached hydrogens (tertiary/aromatic N) is 3. The SMILES string of the molecule is CCN(CC)CCn1c(NCc2ccc(Cl)cc2)nc2ccccc21.Cl.Cl. The van der Waals surface area contributed by atoms with Crippen LogP contribution in [0, 0.1) is 0 Å². The third-order valence-electron chi connectivity index (χ3n) is 4.55. The second-order valence-corrected chi connectivity index (χ2v) is 6.52. The van der Waals surface area contributed by atoms with Crippen molar-refractivity contribution in [3.63, 3.8) is 0 Å². The molecule has 0 saturated heterocycles. The fourth-order valence-corrected chi connectivity index (χ4v) is 3.13. The standard InChI is InChI=1S/C20H25ClN4.2ClH/c1-3-24(4-2)13-14-25-19-8-6-5-7-18(19)23-20(25)22-15-16-9-11-17(21)12-10-16;;/h5-12H,3-4,13-15H2,1-2H3,(H,22,23);2*1H. The number of benzene rings is 2. The average molecular weight is 430 g/mol. The minimum atomic E-state index is 0. The number of fused-ring (bicyclic) bond motifs is 1. The van der Waals surface area contributed by atoms with Gasteiger partial charge in [0, 0.05) is 24.7 Å². The molecule has 0 aliphatic heterocycles. The summed E-state index contributed by atoms with van der Waals surface area (Å²) in [4.78, 5) is 7.21. The highest BCUT2D eigenvalue weighted by Gasteiger charge is 2.11. The van der Waals surface area contributed by atoms with Gasteiger partial charge in [-0.2, -0.15) is 0 Å². The Labute approximate surface area is 178 Å². The normalized spacial score (nSPS) is 10.5. The van der Waals surface area contributed by atoms with Crippen LogP contribution >= 0.6 is 36.4 Å². The minimum absolute atomic E-state index is 0. The van der Waals surface area contributed by atoms with Gasteiger partial charge in [0.05, 0.1) is 11.0 Å². The molecule has 0 bridgehead atoms. The maximum atomic E-state index is 5.96. The highest BCUT2D eigenvalue weighted by atomic mass is 35.5. The monoisotopic (exact) mass is 428 g/mol. The first-order chi connectivity index (χ1) is 12.2. The summed E-state index contributed by atoms with van der Waals surface area (Å²) in [6.07, 6.45) is 0. The van der Waals surface area contributed by atoms with Crippen LogP contribution in [0.15, 0.2) is 48.5 Å². The van der Waals surface area contributed by atoms with E-state index < -0.39 is 0 Å². The van der Waals surface area contributed by atoms with E-state index in [0.717, 1.165) is 49.2 Å². The summed E-state index contributed by atoms with van der Waals surface area (Å²) >= 11 is 5.96. The topological polar surface area (TPSA) is 33.1 Å². The maximum Gasteiger partial charge on any atom is 0.204 e. The lowest BCUT2D eigenvalue weighted by molar-refractivity contribution is 0.292. The molecule has 0 radical (unpaired) electrons. The molecule has 4 nitrogen and oxygen atoms in total. The summed E-state index contributed by atoms with van der Waals surface area (Å²) in [5.41, 5.74) is 3.39. The van der Waals surface area contributed by atoms with E-state index in [4.69, 9.17) is 16.6 Å². The molecule has 0 amide bonds. The molecule has 3 rings (SSSR count). The molecule has 148 valence electrons. The van der Waals surface area contributed by atoms with Gasteiger partial charge in [0.2, 0.25) is 5.95 Å². The lowest BCUT2D eigenvalue weighted by Crippen LogP contribution is -2.27. The second kappa shape index (κ2) is 11.4. The number of hydrogen-bond acceptors (Lipinski definition) is 3. The molecule has 0 atom stereocenters. The van der Waals surface area contributed by atoms with E-state index in [2.05, 4.69) is 46.8 Å². The molecule has 27 heavy (non-hydrogen) atoms. The Balaban J connectivity index is 0.00000182. The van der Waals surface area contributed by atoms with Crippen molar-refractivity contribution >= 4 is 53.4 Å². The van der Waals surface area contributed by atoms with Crippen molar-refractivity contribution in [1.29, 1.82) is 0 Å². The highest BCUT2D eigenvalue weighted by molar-refractivity contribution is 6.30. The van der Waals surface area contributed by atoms with Gasteiger partial charge >= 0.3 is 0 Å². The molecule has 0 spiro atoms. The fraction of sp³-hybridized carbons (Fsp3) is 0.350. The van der Waals surface area contributed by atoms with Crippen molar-refractivity contribution in [2.45, 2.75) is 26.9 Å². The lowest BCUT2D eigenvalue weighted by atomic mass is 10.2. The van der Waals surface area contributed by atoms with Crippen LogP contribution in [0.3, 0.4) is 0 Å². The molecule has 0 aliphatic rings. The first-order valence-electron chi connectivity index (χ1n) is 8.87. The zero-order valence-corrected chi connectivity index (χ0v) is 18.1. The van der Waals surface area contributed by atoms with Crippen molar-refractivity contribution in [3.05, 3.63) is 59.1 Å². The number of para-hydroxylation sites is 2. The van der Waals surface area contributed by atoms with E-state index in [0.29, 0.717) is 0 Å². The van der Waals surface area contributed by atoms with Crippen molar-refractivity contribution in [2.24, 2.45) is 0 Å². The highest BCUT2D eigenvalue weighted by Crippen LogP contribution is 2.20. The van der Waals surface area contributed by atoms with E-state index in [1.807, 2.05) is 30.3 Å². The first-order valence-corrected chi connectivity index (χ1v) is 9.25. The lowest BCUT2D eigenvalue weighted by Gasteiger charge is -2.19. The Hall–Kier alpha value is -1.46. The van der Waals surface area contributed by atoms with Gasteiger partial charge in [-0.25, -0.2) is 4.98 Å². The van der Waals surface area contributed by atoms with E-state index >= 15 is 0 Å². The van der Waals surface area contributed by atoms with Gasteiger partial charge in [-0.15, -0.1) is 24.8 Å². The summed E-state index contributed by atoms with van der Waals surface area (Å²) in [6.45, 7) is 9.21. The number of halogens is 3. The molecule has 0 saturated carbocycles. The van der Waals surface area contributed by atoms with Crippen molar-refractivity contribution in [2.75, 3.05) is 25.0 Å².